The van der Waals surface area contributed by atoms with Gasteiger partial charge < -0.3 is 25.1 Å². The van der Waals surface area contributed by atoms with Crippen molar-refractivity contribution >= 4 is 5.97 Å². The molecule has 0 spiro atoms. The van der Waals surface area contributed by atoms with E-state index in [4.69, 9.17) is 25.1 Å². The van der Waals surface area contributed by atoms with E-state index in [1.165, 1.54) is 13.2 Å². The average Bonchev–Trinajstić information content (AvgIpc) is 2.63. The fourth-order valence-electron chi connectivity index (χ4n) is 2.04. The molecule has 1 atom stereocenters. The van der Waals surface area contributed by atoms with E-state index in [1.807, 2.05) is 0 Å². The Balaban J connectivity index is 2.49. The second-order valence-corrected chi connectivity index (χ2v) is 4.40. The van der Waals surface area contributed by atoms with Crippen LogP contribution in [0.5, 0.6) is 17.2 Å². The Morgan fingerprint density at radius 2 is 2.25 bits per heavy atom. The predicted octanol–water partition coefficient (Wildman–Crippen LogP) is 0.950. The van der Waals surface area contributed by atoms with E-state index in [-0.39, 0.29) is 23.5 Å². The Hall–Kier alpha value is -2.02. The molecule has 1 heterocycles. The third-order valence-corrected chi connectivity index (χ3v) is 2.98. The van der Waals surface area contributed by atoms with Crippen LogP contribution in [0.4, 0.5) is 4.39 Å². The lowest BCUT2D eigenvalue weighted by Gasteiger charge is -2.18. The van der Waals surface area contributed by atoms with E-state index < -0.39 is 17.8 Å². The van der Waals surface area contributed by atoms with Gasteiger partial charge in [-0.2, -0.15) is 0 Å². The van der Waals surface area contributed by atoms with Gasteiger partial charge in [0.25, 0.3) is 0 Å². The van der Waals surface area contributed by atoms with Crippen molar-refractivity contribution in [3.8, 4) is 17.2 Å². The molecule has 0 aliphatic carbocycles. The second kappa shape index (κ2) is 5.96. The molecule has 1 unspecified atom stereocenters. The number of nitrogens with two attached hydrogens (primary N) is 1. The minimum atomic E-state index is -1.18. The van der Waals surface area contributed by atoms with Crippen LogP contribution in [0.2, 0.25) is 0 Å². The van der Waals surface area contributed by atoms with Crippen LogP contribution in [0.25, 0.3) is 0 Å². The number of hydrogen-bond donors (Lipinski definition) is 2. The summed E-state index contributed by atoms with van der Waals surface area (Å²) in [4.78, 5) is 10.9. The van der Waals surface area contributed by atoms with E-state index >= 15 is 0 Å². The topological polar surface area (TPSA) is 91.0 Å². The molecule has 0 saturated carbocycles. The number of fused-ring (bicyclic) bond motifs is 1. The van der Waals surface area contributed by atoms with Crippen LogP contribution < -0.4 is 19.9 Å². The molecule has 1 aliphatic heterocycles. The number of benzene rings is 1. The molecule has 2 rings (SSSR count). The van der Waals surface area contributed by atoms with Crippen molar-refractivity contribution in [3.63, 3.8) is 0 Å². The summed E-state index contributed by atoms with van der Waals surface area (Å²) in [5, 5.41) is 8.90. The van der Waals surface area contributed by atoms with E-state index in [0.29, 0.717) is 25.4 Å². The van der Waals surface area contributed by atoms with Gasteiger partial charge in [0.1, 0.15) is 6.04 Å². The van der Waals surface area contributed by atoms with Gasteiger partial charge in [0.2, 0.25) is 0 Å². The molecule has 0 bridgehead atoms. The maximum atomic E-state index is 14.0. The van der Waals surface area contributed by atoms with Crippen molar-refractivity contribution in [2.24, 2.45) is 5.73 Å². The summed E-state index contributed by atoms with van der Waals surface area (Å²) in [6.07, 6.45) is 0.547. The highest BCUT2D eigenvalue weighted by molar-refractivity contribution is 5.74. The SMILES string of the molecule is COc1c(F)cc2c(c1CC(N)C(=O)O)OCCCO2. The third kappa shape index (κ3) is 2.77. The number of methoxy groups -OCH3 is 1. The molecule has 7 heteroatoms. The second-order valence-electron chi connectivity index (χ2n) is 4.40. The lowest BCUT2D eigenvalue weighted by Crippen LogP contribution is -2.32. The van der Waals surface area contributed by atoms with Crippen LogP contribution in [-0.2, 0) is 11.2 Å². The number of ether oxygens (including phenoxy) is 3. The van der Waals surface area contributed by atoms with Gasteiger partial charge in [-0.3, -0.25) is 4.79 Å². The molecule has 0 fully saturated rings. The smallest absolute Gasteiger partial charge is 0.320 e. The zero-order valence-electron chi connectivity index (χ0n) is 11.0. The first-order chi connectivity index (χ1) is 9.54. The van der Waals surface area contributed by atoms with Crippen LogP contribution in [0.3, 0.4) is 0 Å². The van der Waals surface area contributed by atoms with Gasteiger partial charge in [0, 0.05) is 24.5 Å². The molecular weight excluding hydrogens is 269 g/mol. The first-order valence-electron chi connectivity index (χ1n) is 6.18. The third-order valence-electron chi connectivity index (χ3n) is 2.98. The van der Waals surface area contributed by atoms with Gasteiger partial charge in [-0.1, -0.05) is 0 Å². The Labute approximate surface area is 115 Å². The van der Waals surface area contributed by atoms with Gasteiger partial charge in [-0.05, 0) is 0 Å². The molecule has 3 N–H and O–H groups in total. The summed E-state index contributed by atoms with van der Waals surface area (Å²) in [5.74, 6) is -1.33. The van der Waals surface area contributed by atoms with Crippen molar-refractivity contribution in [2.45, 2.75) is 18.9 Å². The normalized spacial score (nSPS) is 15.3. The molecule has 0 amide bonds. The van der Waals surface area contributed by atoms with Crippen molar-refractivity contribution in [1.29, 1.82) is 0 Å². The van der Waals surface area contributed by atoms with Crippen LogP contribution in [0.15, 0.2) is 6.07 Å². The molecular formula is C13H16FNO5. The van der Waals surface area contributed by atoms with Crippen LogP contribution in [0, 0.1) is 5.82 Å². The predicted molar refractivity (Wildman–Crippen MR) is 67.9 cm³/mol. The number of aliphatic carboxylic acids is 1. The number of carbonyl (C=O) groups is 1. The lowest BCUT2D eigenvalue weighted by molar-refractivity contribution is -0.138. The summed E-state index contributed by atoms with van der Waals surface area (Å²) < 4.78 is 29.9. The van der Waals surface area contributed by atoms with Gasteiger partial charge in [0.15, 0.2) is 23.1 Å². The minimum Gasteiger partial charge on any atom is -0.493 e. The number of rotatable bonds is 4. The Bertz CT molecular complexity index is 520. The quantitative estimate of drug-likeness (QED) is 0.856. The Kier molecular flexibility index (Phi) is 4.29. The van der Waals surface area contributed by atoms with Crippen molar-refractivity contribution in [1.82, 2.24) is 0 Å². The number of carboxylic acids is 1. The first-order valence-corrected chi connectivity index (χ1v) is 6.18. The van der Waals surface area contributed by atoms with Crippen LogP contribution in [0.1, 0.15) is 12.0 Å². The summed E-state index contributed by atoms with van der Waals surface area (Å²) in [6, 6.07) is -0.00315. The van der Waals surface area contributed by atoms with Gasteiger partial charge in [-0.15, -0.1) is 0 Å². The standard InChI is InChI=1S/C13H16FNO5/c1-18-11-7(5-9(15)13(16)17)12-10(6-8(11)14)19-3-2-4-20-12/h6,9H,2-5,15H2,1H3,(H,16,17). The highest BCUT2D eigenvalue weighted by Gasteiger charge is 2.26. The zero-order chi connectivity index (χ0) is 14.7. The van der Waals surface area contributed by atoms with Gasteiger partial charge in [-0.25, -0.2) is 4.39 Å². The maximum absolute atomic E-state index is 14.0. The Morgan fingerprint density at radius 1 is 1.55 bits per heavy atom. The molecule has 110 valence electrons. The summed E-state index contributed by atoms with van der Waals surface area (Å²) in [6.45, 7) is 0.806. The van der Waals surface area contributed by atoms with Gasteiger partial charge >= 0.3 is 5.97 Å². The largest absolute Gasteiger partial charge is 0.493 e. The van der Waals surface area contributed by atoms with Crippen LogP contribution >= 0.6 is 0 Å². The van der Waals surface area contributed by atoms with Gasteiger partial charge in [0.05, 0.1) is 20.3 Å². The van der Waals surface area contributed by atoms with Crippen LogP contribution in [-0.4, -0.2) is 37.4 Å². The molecule has 0 radical (unpaired) electrons. The first kappa shape index (κ1) is 14.4. The van der Waals surface area contributed by atoms with Crippen molar-refractivity contribution < 1.29 is 28.5 Å². The monoisotopic (exact) mass is 285 g/mol. The summed E-state index contributed by atoms with van der Waals surface area (Å²) >= 11 is 0. The van der Waals surface area contributed by atoms with Crippen molar-refractivity contribution in [3.05, 3.63) is 17.4 Å². The molecule has 20 heavy (non-hydrogen) atoms. The Morgan fingerprint density at radius 3 is 2.90 bits per heavy atom. The van der Waals surface area contributed by atoms with E-state index in [1.54, 1.807) is 0 Å². The fourth-order valence-corrected chi connectivity index (χ4v) is 2.04. The van der Waals surface area contributed by atoms with E-state index in [2.05, 4.69) is 0 Å². The molecule has 1 aromatic carbocycles. The minimum absolute atomic E-state index is 0.0639. The highest BCUT2D eigenvalue weighted by atomic mass is 19.1. The van der Waals surface area contributed by atoms with E-state index in [0.717, 1.165) is 0 Å². The summed E-state index contributed by atoms with van der Waals surface area (Å²) in [5.41, 5.74) is 5.80. The van der Waals surface area contributed by atoms with E-state index in [9.17, 15) is 9.18 Å². The zero-order valence-corrected chi connectivity index (χ0v) is 11.0. The van der Waals surface area contributed by atoms with Crippen molar-refractivity contribution in [2.75, 3.05) is 20.3 Å². The number of halogens is 1. The number of hydrogen-bond acceptors (Lipinski definition) is 5. The lowest BCUT2D eigenvalue weighted by atomic mass is 10.0. The highest BCUT2D eigenvalue weighted by Crippen LogP contribution is 2.41. The molecule has 0 aromatic heterocycles. The summed E-state index contributed by atoms with van der Waals surface area (Å²) in [7, 11) is 1.30. The molecule has 1 aliphatic rings. The molecule has 1 aromatic rings. The molecule has 0 saturated heterocycles. The molecule has 6 nitrogen and oxygen atoms in total. The fraction of sp³-hybridized carbons (Fsp3) is 0.462. The number of carboxylic acid groups (broad SMARTS) is 1. The average molecular weight is 285 g/mol. The maximum Gasteiger partial charge on any atom is 0.320 e.